The fourth-order valence-corrected chi connectivity index (χ4v) is 2.01. The van der Waals surface area contributed by atoms with Crippen LogP contribution in [-0.4, -0.2) is 15.8 Å². The van der Waals surface area contributed by atoms with Crippen molar-refractivity contribution in [1.82, 2.24) is 9.97 Å². The Hall–Kier alpha value is -1.61. The molecule has 3 nitrogen and oxygen atoms in total. The van der Waals surface area contributed by atoms with Crippen molar-refractivity contribution in [1.29, 1.82) is 0 Å². The van der Waals surface area contributed by atoms with Crippen LogP contribution < -0.4 is 5.32 Å². The van der Waals surface area contributed by atoms with Gasteiger partial charge in [0.25, 0.3) is 0 Å². The van der Waals surface area contributed by atoms with Crippen LogP contribution in [0.5, 0.6) is 0 Å². The minimum Gasteiger partial charge on any atom is -0.340 e. The number of nitrogens with zero attached hydrogens (tertiary/aromatic N) is 2. The quantitative estimate of drug-likeness (QED) is 0.855. The molecule has 0 aliphatic carbocycles. The van der Waals surface area contributed by atoms with E-state index >= 15 is 0 Å². The van der Waals surface area contributed by atoms with Gasteiger partial charge in [-0.25, -0.2) is 9.97 Å². The molecule has 0 saturated carbocycles. The summed E-state index contributed by atoms with van der Waals surface area (Å²) < 4.78 is 0. The third kappa shape index (κ3) is 3.44. The van der Waals surface area contributed by atoms with Crippen LogP contribution in [0.3, 0.4) is 0 Å². The number of hydrogen-bond donors (Lipinski definition) is 1. The lowest BCUT2D eigenvalue weighted by Gasteiger charge is -2.07. The number of anilines is 2. The summed E-state index contributed by atoms with van der Waals surface area (Å²) in [6, 6.07) is 10.2. The second-order valence-corrected chi connectivity index (χ2v) is 4.58. The molecule has 4 heteroatoms. The molecule has 1 aromatic carbocycles. The Morgan fingerprint density at radius 2 is 1.83 bits per heavy atom. The molecule has 0 atom stereocenters. The van der Waals surface area contributed by atoms with Gasteiger partial charge in [0.05, 0.1) is 0 Å². The predicted molar refractivity (Wildman–Crippen MR) is 75.7 cm³/mol. The standard InChI is InChI=1S/C14H16ClN3/c1-10-9-14(17-11(2)16-10)18-13-5-3-12(4-6-13)7-8-15/h3-6,9H,7-8H2,1-2H3,(H,16,17,18). The number of aromatic nitrogens is 2. The van der Waals surface area contributed by atoms with E-state index in [1.54, 1.807) is 0 Å². The smallest absolute Gasteiger partial charge is 0.134 e. The van der Waals surface area contributed by atoms with Crippen molar-refractivity contribution in [2.75, 3.05) is 11.2 Å². The molecule has 1 N–H and O–H groups in total. The van der Waals surface area contributed by atoms with E-state index in [2.05, 4.69) is 27.4 Å². The van der Waals surface area contributed by atoms with Gasteiger partial charge in [0, 0.05) is 23.3 Å². The van der Waals surface area contributed by atoms with Crippen LogP contribution in [0.1, 0.15) is 17.1 Å². The molecule has 0 radical (unpaired) electrons. The fraction of sp³-hybridized carbons (Fsp3) is 0.286. The van der Waals surface area contributed by atoms with E-state index in [-0.39, 0.29) is 0 Å². The number of alkyl halides is 1. The SMILES string of the molecule is Cc1cc(Nc2ccc(CCCl)cc2)nc(C)n1. The second-order valence-electron chi connectivity index (χ2n) is 4.20. The minimum atomic E-state index is 0.650. The Kier molecular flexibility index (Phi) is 4.15. The molecule has 2 rings (SSSR count). The molecule has 2 aromatic rings. The van der Waals surface area contributed by atoms with Crippen LogP contribution in [0.15, 0.2) is 30.3 Å². The first-order valence-electron chi connectivity index (χ1n) is 5.91. The Balaban J connectivity index is 2.13. The summed E-state index contributed by atoms with van der Waals surface area (Å²) in [5.41, 5.74) is 3.22. The third-order valence-electron chi connectivity index (χ3n) is 2.58. The van der Waals surface area contributed by atoms with Gasteiger partial charge in [-0.1, -0.05) is 12.1 Å². The summed E-state index contributed by atoms with van der Waals surface area (Å²) in [6.07, 6.45) is 0.896. The number of aryl methyl sites for hydroxylation is 3. The van der Waals surface area contributed by atoms with Crippen molar-refractivity contribution in [3.63, 3.8) is 0 Å². The normalized spacial score (nSPS) is 10.4. The van der Waals surface area contributed by atoms with E-state index in [4.69, 9.17) is 11.6 Å². The molecule has 0 unspecified atom stereocenters. The van der Waals surface area contributed by atoms with E-state index in [0.717, 1.165) is 29.4 Å². The van der Waals surface area contributed by atoms with Crippen LogP contribution in [0.25, 0.3) is 0 Å². The Bertz CT molecular complexity index is 503. The monoisotopic (exact) mass is 261 g/mol. The van der Waals surface area contributed by atoms with Gasteiger partial charge in [0.1, 0.15) is 11.6 Å². The van der Waals surface area contributed by atoms with E-state index < -0.39 is 0 Å². The van der Waals surface area contributed by atoms with Crippen molar-refractivity contribution >= 4 is 23.1 Å². The van der Waals surface area contributed by atoms with E-state index in [9.17, 15) is 0 Å². The van der Waals surface area contributed by atoms with Gasteiger partial charge in [0.15, 0.2) is 0 Å². The molecule has 0 saturated heterocycles. The summed E-state index contributed by atoms with van der Waals surface area (Å²) >= 11 is 5.71. The zero-order valence-corrected chi connectivity index (χ0v) is 11.3. The van der Waals surface area contributed by atoms with Crippen LogP contribution in [0.2, 0.25) is 0 Å². The average Bonchev–Trinajstić information content (AvgIpc) is 2.31. The fourth-order valence-electron chi connectivity index (χ4n) is 1.79. The molecule has 1 heterocycles. The summed E-state index contributed by atoms with van der Waals surface area (Å²) in [4.78, 5) is 8.59. The summed E-state index contributed by atoms with van der Waals surface area (Å²) in [6.45, 7) is 3.85. The number of hydrogen-bond acceptors (Lipinski definition) is 3. The zero-order valence-electron chi connectivity index (χ0n) is 10.6. The van der Waals surface area contributed by atoms with Gasteiger partial charge in [-0.3, -0.25) is 0 Å². The van der Waals surface area contributed by atoms with Crippen LogP contribution in [0.4, 0.5) is 11.5 Å². The summed E-state index contributed by atoms with van der Waals surface area (Å²) in [7, 11) is 0. The average molecular weight is 262 g/mol. The van der Waals surface area contributed by atoms with Gasteiger partial charge in [-0.15, -0.1) is 11.6 Å². The molecule has 94 valence electrons. The first-order chi connectivity index (χ1) is 8.67. The molecule has 0 spiro atoms. The highest BCUT2D eigenvalue weighted by atomic mass is 35.5. The maximum atomic E-state index is 5.71. The second kappa shape index (κ2) is 5.83. The van der Waals surface area contributed by atoms with Crippen LogP contribution in [0, 0.1) is 13.8 Å². The molecule has 1 aromatic heterocycles. The summed E-state index contributed by atoms with van der Waals surface area (Å²) in [5.74, 6) is 2.25. The number of nitrogens with one attached hydrogen (secondary N) is 1. The Morgan fingerprint density at radius 3 is 2.44 bits per heavy atom. The third-order valence-corrected chi connectivity index (χ3v) is 2.76. The zero-order chi connectivity index (χ0) is 13.0. The first-order valence-corrected chi connectivity index (χ1v) is 6.45. The highest BCUT2D eigenvalue weighted by Gasteiger charge is 2.00. The Labute approximate surface area is 112 Å². The maximum absolute atomic E-state index is 5.71. The van der Waals surface area contributed by atoms with Crippen molar-refractivity contribution in [3.05, 3.63) is 47.4 Å². The van der Waals surface area contributed by atoms with Crippen molar-refractivity contribution in [2.45, 2.75) is 20.3 Å². The molecule has 0 aliphatic heterocycles. The van der Waals surface area contributed by atoms with Gasteiger partial charge in [-0.05, 0) is 38.0 Å². The van der Waals surface area contributed by atoms with Crippen molar-refractivity contribution in [2.24, 2.45) is 0 Å². The highest BCUT2D eigenvalue weighted by Crippen LogP contribution is 2.16. The lowest BCUT2D eigenvalue weighted by molar-refractivity contribution is 1.01. The number of rotatable bonds is 4. The molecule has 0 aliphatic rings. The van der Waals surface area contributed by atoms with Gasteiger partial charge < -0.3 is 5.32 Å². The van der Waals surface area contributed by atoms with Crippen LogP contribution in [-0.2, 0) is 6.42 Å². The van der Waals surface area contributed by atoms with Crippen LogP contribution >= 0.6 is 11.6 Å². The lowest BCUT2D eigenvalue weighted by atomic mass is 10.1. The molecule has 0 bridgehead atoms. The minimum absolute atomic E-state index is 0.650. The Morgan fingerprint density at radius 1 is 1.11 bits per heavy atom. The molecular formula is C14H16ClN3. The van der Waals surface area contributed by atoms with E-state index in [1.165, 1.54) is 5.56 Å². The predicted octanol–water partition coefficient (Wildman–Crippen LogP) is 3.62. The molecule has 0 amide bonds. The topological polar surface area (TPSA) is 37.8 Å². The lowest BCUT2D eigenvalue weighted by Crippen LogP contribution is -1.98. The number of halogens is 1. The molecule has 18 heavy (non-hydrogen) atoms. The maximum Gasteiger partial charge on any atom is 0.134 e. The van der Waals surface area contributed by atoms with Gasteiger partial charge in [-0.2, -0.15) is 0 Å². The van der Waals surface area contributed by atoms with Gasteiger partial charge >= 0.3 is 0 Å². The number of benzene rings is 1. The largest absolute Gasteiger partial charge is 0.340 e. The molecule has 0 fully saturated rings. The van der Waals surface area contributed by atoms with Gasteiger partial charge in [0.2, 0.25) is 0 Å². The van der Waals surface area contributed by atoms with E-state index in [1.807, 2.05) is 32.0 Å². The molecular weight excluding hydrogens is 246 g/mol. The van der Waals surface area contributed by atoms with Crippen molar-refractivity contribution in [3.8, 4) is 0 Å². The summed E-state index contributed by atoms with van der Waals surface area (Å²) in [5, 5.41) is 3.27. The highest BCUT2D eigenvalue weighted by molar-refractivity contribution is 6.17. The first kappa shape index (κ1) is 12.8. The van der Waals surface area contributed by atoms with E-state index in [0.29, 0.717) is 5.88 Å². The van der Waals surface area contributed by atoms with Crippen molar-refractivity contribution < 1.29 is 0 Å².